The molecule has 0 atom stereocenters. The summed E-state index contributed by atoms with van der Waals surface area (Å²) in [5, 5.41) is 6.10. The summed E-state index contributed by atoms with van der Waals surface area (Å²) in [6.07, 6.45) is 8.14. The van der Waals surface area contributed by atoms with Gasteiger partial charge in [0.2, 0.25) is 10.0 Å². The van der Waals surface area contributed by atoms with E-state index < -0.39 is 20.7 Å². The van der Waals surface area contributed by atoms with Crippen molar-refractivity contribution < 1.29 is 13.2 Å². The van der Waals surface area contributed by atoms with Gasteiger partial charge in [-0.1, -0.05) is 24.6 Å². The van der Waals surface area contributed by atoms with Crippen molar-refractivity contribution in [3.05, 3.63) is 47.8 Å². The van der Waals surface area contributed by atoms with E-state index in [-0.39, 0.29) is 5.69 Å². The van der Waals surface area contributed by atoms with Crippen molar-refractivity contribution in [2.75, 3.05) is 37.6 Å². The smallest absolute Gasteiger partial charge is 0.283 e. The van der Waals surface area contributed by atoms with Gasteiger partial charge in [0.25, 0.3) is 5.91 Å². The van der Waals surface area contributed by atoms with Crippen molar-refractivity contribution in [1.82, 2.24) is 24.4 Å². The number of carbonyl (C=O) groups is 1. The molecule has 1 saturated carbocycles. The zero-order chi connectivity index (χ0) is 28.8. The van der Waals surface area contributed by atoms with Crippen LogP contribution in [0.25, 0.3) is 16.7 Å². The molecule has 41 heavy (non-hydrogen) atoms. The Morgan fingerprint density at radius 2 is 1.66 bits per heavy atom. The molecule has 1 aromatic carbocycles. The molecule has 4 heterocycles. The molecule has 2 saturated heterocycles. The van der Waals surface area contributed by atoms with Crippen LogP contribution in [0.2, 0.25) is 0 Å². The minimum Gasteiger partial charge on any atom is -0.371 e. The number of nitrogens with zero attached hydrogens (tertiary/aromatic N) is 5. The van der Waals surface area contributed by atoms with Crippen LogP contribution >= 0.6 is 0 Å². The van der Waals surface area contributed by atoms with Gasteiger partial charge in [0.15, 0.2) is 5.65 Å². The molecule has 0 spiro atoms. The Kier molecular flexibility index (Phi) is 7.57. The lowest BCUT2D eigenvalue weighted by Gasteiger charge is -2.36. The number of pyridine rings is 1. The third kappa shape index (κ3) is 5.60. The highest BCUT2D eigenvalue weighted by molar-refractivity contribution is 7.91. The molecular weight excluding hydrogens is 536 g/mol. The number of benzene rings is 1. The van der Waals surface area contributed by atoms with E-state index in [2.05, 4.69) is 14.5 Å². The van der Waals surface area contributed by atoms with Gasteiger partial charge in [-0.3, -0.25) is 4.79 Å². The monoisotopic (exact) mass is 578 g/mol. The third-order valence-corrected chi connectivity index (χ3v) is 11.1. The number of rotatable bonds is 7. The number of likely N-dealkylation sites (tertiary alicyclic amines) is 1. The number of hydrogen-bond acceptors (Lipinski definition) is 7. The molecule has 3 aliphatic rings. The summed E-state index contributed by atoms with van der Waals surface area (Å²) >= 11 is 0. The minimum atomic E-state index is -3.90. The number of nitrogens with one attached hydrogen (secondary N) is 1. The van der Waals surface area contributed by atoms with Crippen LogP contribution in [0.4, 0.5) is 5.69 Å². The first-order valence-corrected chi connectivity index (χ1v) is 16.6. The van der Waals surface area contributed by atoms with Gasteiger partial charge >= 0.3 is 0 Å². The summed E-state index contributed by atoms with van der Waals surface area (Å²) in [6.45, 7) is 10.1. The summed E-state index contributed by atoms with van der Waals surface area (Å²) in [7, 11) is -3.90. The molecular formula is C31H42N6O3S. The standard InChI is InChI=1S/C31H42N6O3S/c1-31(2,3)41(39,40)34-30(38)25-20-26(36-18-14-22(15-19-36)21-35-16-7-8-17-35)27-28(23-10-9-11-23)33-37(29(27)32-25)24-12-5-4-6-13-24/h4-6,12-13,20,22-23H,7-11,14-19,21H2,1-3H3,(H,34,38). The second-order valence-corrected chi connectivity index (χ2v) is 15.4. The molecule has 220 valence electrons. The van der Waals surface area contributed by atoms with Crippen molar-refractivity contribution in [2.24, 2.45) is 5.92 Å². The Labute approximate surface area is 243 Å². The first kappa shape index (κ1) is 28.2. The fraction of sp³-hybridized carbons (Fsp3) is 0.581. The summed E-state index contributed by atoms with van der Waals surface area (Å²) in [6, 6.07) is 11.7. The third-order valence-electron chi connectivity index (χ3n) is 9.07. The fourth-order valence-corrected chi connectivity index (χ4v) is 6.87. The lowest BCUT2D eigenvalue weighted by Crippen LogP contribution is -2.43. The predicted octanol–water partition coefficient (Wildman–Crippen LogP) is 4.86. The second-order valence-electron chi connectivity index (χ2n) is 13.0. The average molecular weight is 579 g/mol. The molecule has 1 N–H and O–H groups in total. The van der Waals surface area contributed by atoms with E-state index in [0.717, 1.165) is 67.8 Å². The maximum absolute atomic E-state index is 13.5. The highest BCUT2D eigenvalue weighted by Gasteiger charge is 2.34. The summed E-state index contributed by atoms with van der Waals surface area (Å²) < 4.78 is 28.8. The molecule has 2 aromatic heterocycles. The molecule has 3 fully saturated rings. The van der Waals surface area contributed by atoms with Gasteiger partial charge < -0.3 is 9.80 Å². The molecule has 10 heteroatoms. The Bertz CT molecular complexity index is 1510. The number of amides is 1. The van der Waals surface area contributed by atoms with Crippen molar-refractivity contribution >= 4 is 32.7 Å². The van der Waals surface area contributed by atoms with E-state index in [1.165, 1.54) is 32.4 Å². The van der Waals surface area contributed by atoms with Crippen LogP contribution in [0.3, 0.4) is 0 Å². The Hall–Kier alpha value is -2.98. The van der Waals surface area contributed by atoms with Crippen LogP contribution in [0, 0.1) is 5.92 Å². The second kappa shape index (κ2) is 11.0. The van der Waals surface area contributed by atoms with Crippen LogP contribution < -0.4 is 9.62 Å². The number of hydrogen-bond donors (Lipinski definition) is 1. The predicted molar refractivity (Wildman–Crippen MR) is 162 cm³/mol. The van der Waals surface area contributed by atoms with Crippen molar-refractivity contribution in [1.29, 1.82) is 0 Å². The zero-order valence-electron chi connectivity index (χ0n) is 24.5. The largest absolute Gasteiger partial charge is 0.371 e. The normalized spacial score (nSPS) is 19.5. The molecule has 9 nitrogen and oxygen atoms in total. The zero-order valence-corrected chi connectivity index (χ0v) is 25.3. The van der Waals surface area contributed by atoms with Gasteiger partial charge in [-0.05, 0) is 96.5 Å². The maximum atomic E-state index is 13.5. The highest BCUT2D eigenvalue weighted by Crippen LogP contribution is 2.43. The van der Waals surface area contributed by atoms with E-state index in [9.17, 15) is 13.2 Å². The number of carbonyl (C=O) groups excluding carboxylic acids is 1. The molecule has 0 bridgehead atoms. The van der Waals surface area contributed by atoms with Gasteiger partial charge in [0.1, 0.15) is 5.69 Å². The number of para-hydroxylation sites is 1. The molecule has 1 aliphatic carbocycles. The van der Waals surface area contributed by atoms with Gasteiger partial charge in [0, 0.05) is 25.6 Å². The first-order valence-electron chi connectivity index (χ1n) is 15.1. The molecule has 6 rings (SSSR count). The summed E-state index contributed by atoms with van der Waals surface area (Å²) in [4.78, 5) is 23.3. The van der Waals surface area contributed by atoms with Gasteiger partial charge in [-0.15, -0.1) is 0 Å². The number of sulfonamides is 1. The van der Waals surface area contributed by atoms with Crippen molar-refractivity contribution in [3.63, 3.8) is 0 Å². The first-order chi connectivity index (χ1) is 19.6. The number of aromatic nitrogens is 3. The summed E-state index contributed by atoms with van der Waals surface area (Å²) in [5.41, 5.74) is 3.54. The molecule has 2 aliphatic heterocycles. The molecule has 3 aromatic rings. The van der Waals surface area contributed by atoms with E-state index in [1.807, 2.05) is 35.0 Å². The van der Waals surface area contributed by atoms with Gasteiger partial charge in [0.05, 0.1) is 27.2 Å². The van der Waals surface area contributed by atoms with Crippen LogP contribution in [-0.4, -0.2) is 71.5 Å². The van der Waals surface area contributed by atoms with E-state index in [4.69, 9.17) is 10.1 Å². The summed E-state index contributed by atoms with van der Waals surface area (Å²) in [5.74, 6) is 0.314. The molecule has 0 unspecified atom stereocenters. The van der Waals surface area contributed by atoms with E-state index in [1.54, 1.807) is 26.8 Å². The van der Waals surface area contributed by atoms with E-state index >= 15 is 0 Å². The Morgan fingerprint density at radius 3 is 2.27 bits per heavy atom. The number of anilines is 1. The van der Waals surface area contributed by atoms with Gasteiger partial charge in [-0.2, -0.15) is 5.10 Å². The maximum Gasteiger partial charge on any atom is 0.283 e. The van der Waals surface area contributed by atoms with Gasteiger partial charge in [-0.25, -0.2) is 22.8 Å². The highest BCUT2D eigenvalue weighted by atomic mass is 32.2. The van der Waals surface area contributed by atoms with Crippen molar-refractivity contribution in [2.45, 2.75) is 76.4 Å². The Balaban J connectivity index is 1.42. The quantitative estimate of drug-likeness (QED) is 0.427. The lowest BCUT2D eigenvalue weighted by atomic mass is 9.81. The average Bonchev–Trinajstić information content (AvgIpc) is 3.56. The molecule has 1 amide bonds. The van der Waals surface area contributed by atoms with Crippen LogP contribution in [0.5, 0.6) is 0 Å². The SMILES string of the molecule is CC(C)(C)S(=O)(=O)NC(=O)c1cc(N2CCC(CN3CCCC3)CC2)c2c(C3CCC3)nn(-c3ccccc3)c2n1. The molecule has 0 radical (unpaired) electrons. The lowest BCUT2D eigenvalue weighted by molar-refractivity contribution is 0.0976. The topological polar surface area (TPSA) is 100 Å². The van der Waals surface area contributed by atoms with Crippen LogP contribution in [0.1, 0.15) is 87.8 Å². The number of fused-ring (bicyclic) bond motifs is 1. The van der Waals surface area contributed by atoms with E-state index in [0.29, 0.717) is 17.5 Å². The van der Waals surface area contributed by atoms with Crippen molar-refractivity contribution in [3.8, 4) is 5.69 Å². The van der Waals surface area contributed by atoms with Crippen LogP contribution in [0.15, 0.2) is 36.4 Å². The minimum absolute atomic E-state index is 0.0942. The van der Waals surface area contributed by atoms with Crippen LogP contribution in [-0.2, 0) is 10.0 Å². The fourth-order valence-electron chi connectivity index (χ4n) is 6.22. The number of piperidine rings is 1. The Morgan fingerprint density at radius 1 is 0.976 bits per heavy atom.